The number of carbonyl (C=O) groups excluding carboxylic acids is 3. The third kappa shape index (κ3) is 3.65. The molecule has 0 saturated carbocycles. The molecule has 7 nitrogen and oxygen atoms in total. The van der Waals surface area contributed by atoms with Crippen LogP contribution >= 0.6 is 0 Å². The van der Waals surface area contributed by atoms with Crippen LogP contribution in [0.1, 0.15) is 41.3 Å². The van der Waals surface area contributed by atoms with Crippen LogP contribution in [0.2, 0.25) is 0 Å². The molecule has 2 saturated heterocycles. The summed E-state index contributed by atoms with van der Waals surface area (Å²) in [5.41, 5.74) is 2.11. The summed E-state index contributed by atoms with van der Waals surface area (Å²) in [5.74, 6) is 0.546. The Bertz CT molecular complexity index is 1070. The van der Waals surface area contributed by atoms with Gasteiger partial charge in [0.1, 0.15) is 11.3 Å². The van der Waals surface area contributed by atoms with Gasteiger partial charge in [0.15, 0.2) is 0 Å². The lowest BCUT2D eigenvalue weighted by Gasteiger charge is -2.39. The van der Waals surface area contributed by atoms with Gasteiger partial charge in [-0.2, -0.15) is 0 Å². The van der Waals surface area contributed by atoms with Crippen molar-refractivity contribution < 1.29 is 19.1 Å². The smallest absolute Gasteiger partial charge is 0.325 e. The van der Waals surface area contributed by atoms with Crippen molar-refractivity contribution in [1.29, 1.82) is 0 Å². The fourth-order valence-corrected chi connectivity index (χ4v) is 5.58. The summed E-state index contributed by atoms with van der Waals surface area (Å²) in [5, 5.41) is 3.01. The molecule has 0 spiro atoms. The van der Waals surface area contributed by atoms with Crippen LogP contribution < -0.4 is 10.1 Å². The first-order valence-corrected chi connectivity index (χ1v) is 11.6. The molecule has 1 N–H and O–H groups in total. The topological polar surface area (TPSA) is 79.0 Å². The van der Waals surface area contributed by atoms with E-state index in [1.165, 1.54) is 16.0 Å². The van der Waals surface area contributed by atoms with E-state index < -0.39 is 5.54 Å². The quantitative estimate of drug-likeness (QED) is 0.731. The molecule has 4 amide bonds. The van der Waals surface area contributed by atoms with Gasteiger partial charge in [0, 0.05) is 24.7 Å². The molecule has 3 aliphatic rings. The van der Waals surface area contributed by atoms with Crippen LogP contribution in [0.5, 0.6) is 5.75 Å². The van der Waals surface area contributed by atoms with Crippen LogP contribution in [0.3, 0.4) is 0 Å². The van der Waals surface area contributed by atoms with Crippen molar-refractivity contribution in [2.24, 2.45) is 5.92 Å². The number of carbonyl (C=O) groups is 3. The molecule has 5 rings (SSSR count). The largest absolute Gasteiger partial charge is 0.497 e. The fourth-order valence-electron chi connectivity index (χ4n) is 5.58. The van der Waals surface area contributed by atoms with Gasteiger partial charge in [-0.1, -0.05) is 24.3 Å². The molecule has 2 aliphatic heterocycles. The van der Waals surface area contributed by atoms with Gasteiger partial charge in [-0.3, -0.25) is 14.5 Å². The Morgan fingerprint density at radius 1 is 1.00 bits per heavy atom. The summed E-state index contributed by atoms with van der Waals surface area (Å²) in [6.07, 6.45) is 2.76. The van der Waals surface area contributed by atoms with Gasteiger partial charge in [0.2, 0.25) is 0 Å². The Hall–Kier alpha value is -3.35. The van der Waals surface area contributed by atoms with Gasteiger partial charge in [0.05, 0.1) is 7.11 Å². The van der Waals surface area contributed by atoms with Gasteiger partial charge >= 0.3 is 6.03 Å². The van der Waals surface area contributed by atoms with Crippen LogP contribution in [0.4, 0.5) is 4.79 Å². The number of ether oxygens (including phenoxy) is 1. The zero-order valence-electron chi connectivity index (χ0n) is 19.0. The normalized spacial score (nSPS) is 23.6. The van der Waals surface area contributed by atoms with Gasteiger partial charge < -0.3 is 15.0 Å². The van der Waals surface area contributed by atoms with Gasteiger partial charge in [0.25, 0.3) is 11.8 Å². The molecule has 0 aromatic heterocycles. The lowest BCUT2D eigenvalue weighted by molar-refractivity contribution is -0.134. The molecule has 0 radical (unpaired) electrons. The summed E-state index contributed by atoms with van der Waals surface area (Å²) in [4.78, 5) is 42.6. The number of fused-ring (bicyclic) bond motifs is 1. The lowest BCUT2D eigenvalue weighted by Crippen LogP contribution is -2.55. The predicted octanol–water partition coefficient (Wildman–Crippen LogP) is 3.03. The third-order valence-electron chi connectivity index (χ3n) is 7.58. The number of nitrogens with zero attached hydrogens (tertiary/aromatic N) is 2. The van der Waals surface area contributed by atoms with Crippen LogP contribution in [0.15, 0.2) is 48.5 Å². The standard InChI is InChI=1S/C26H29N3O4/c1-26(20-11-13-28(14-12-20)23(30)17-7-9-22(33-2)10-8-17)24(31)29(25(32)27-26)21-15-18-5-3-4-6-19(18)16-21/h3-10,20-21H,11-16H2,1-2H3,(H,27,32)/t26-/m1/s1. The fraction of sp³-hybridized carbons (Fsp3) is 0.423. The SMILES string of the molecule is COc1ccc(C(=O)N2CCC([C@@]3(C)NC(=O)N(C4Cc5ccccc5C4)C3=O)CC2)cc1. The molecule has 2 aromatic carbocycles. The van der Waals surface area contributed by atoms with E-state index in [0.29, 0.717) is 50.1 Å². The highest BCUT2D eigenvalue weighted by atomic mass is 16.5. The number of hydrogen-bond donors (Lipinski definition) is 1. The Kier molecular flexibility index (Phi) is 5.35. The molecule has 1 atom stereocenters. The Morgan fingerprint density at radius 3 is 2.18 bits per heavy atom. The molecule has 2 heterocycles. The van der Waals surface area contributed by atoms with E-state index in [9.17, 15) is 14.4 Å². The minimum absolute atomic E-state index is 0.0114. The minimum atomic E-state index is -0.929. The van der Waals surface area contributed by atoms with Crippen molar-refractivity contribution in [3.05, 3.63) is 65.2 Å². The maximum Gasteiger partial charge on any atom is 0.325 e. The first-order chi connectivity index (χ1) is 15.9. The Morgan fingerprint density at radius 2 is 1.61 bits per heavy atom. The van der Waals surface area contributed by atoms with Gasteiger partial charge in [-0.15, -0.1) is 0 Å². The van der Waals surface area contributed by atoms with Gasteiger partial charge in [-0.25, -0.2) is 4.79 Å². The Balaban J connectivity index is 1.24. The number of likely N-dealkylation sites (tertiary alicyclic amines) is 1. The van der Waals surface area contributed by atoms with Crippen LogP contribution in [-0.2, 0) is 17.6 Å². The molecule has 0 bridgehead atoms. The van der Waals surface area contributed by atoms with Crippen LogP contribution in [0.25, 0.3) is 0 Å². The number of amides is 4. The number of urea groups is 1. The number of nitrogens with one attached hydrogen (secondary N) is 1. The Labute approximate surface area is 193 Å². The second-order valence-corrected chi connectivity index (χ2v) is 9.43. The van der Waals surface area contributed by atoms with E-state index in [4.69, 9.17) is 4.74 Å². The zero-order chi connectivity index (χ0) is 23.2. The molecule has 7 heteroatoms. The highest BCUT2D eigenvalue weighted by Crippen LogP contribution is 2.37. The zero-order valence-corrected chi connectivity index (χ0v) is 19.0. The monoisotopic (exact) mass is 447 g/mol. The van der Waals surface area contributed by atoms with Gasteiger partial charge in [-0.05, 0) is 73.9 Å². The van der Waals surface area contributed by atoms with Crippen molar-refractivity contribution >= 4 is 17.8 Å². The summed E-state index contributed by atoms with van der Waals surface area (Å²) in [6.45, 7) is 2.97. The predicted molar refractivity (Wildman–Crippen MR) is 123 cm³/mol. The maximum atomic E-state index is 13.5. The molecule has 172 valence electrons. The second-order valence-electron chi connectivity index (χ2n) is 9.43. The van der Waals surface area contributed by atoms with Crippen LogP contribution in [0, 0.1) is 5.92 Å². The molecular formula is C26H29N3O4. The van der Waals surface area contributed by atoms with Crippen molar-refractivity contribution in [3.8, 4) is 5.75 Å². The highest BCUT2D eigenvalue weighted by molar-refractivity contribution is 6.07. The van der Waals surface area contributed by atoms with Crippen molar-refractivity contribution in [2.75, 3.05) is 20.2 Å². The van der Waals surface area contributed by atoms with E-state index in [2.05, 4.69) is 17.4 Å². The second kappa shape index (κ2) is 8.21. The molecule has 2 fully saturated rings. The van der Waals surface area contributed by atoms with Crippen molar-refractivity contribution in [1.82, 2.24) is 15.1 Å². The van der Waals surface area contributed by atoms with E-state index in [0.717, 1.165) is 0 Å². The molecular weight excluding hydrogens is 418 g/mol. The third-order valence-corrected chi connectivity index (χ3v) is 7.58. The van der Waals surface area contributed by atoms with E-state index in [1.807, 2.05) is 24.0 Å². The molecule has 1 aliphatic carbocycles. The average molecular weight is 448 g/mol. The van der Waals surface area contributed by atoms with E-state index in [1.54, 1.807) is 31.4 Å². The molecule has 0 unspecified atom stereocenters. The number of rotatable bonds is 4. The summed E-state index contributed by atoms with van der Waals surface area (Å²) in [7, 11) is 1.60. The summed E-state index contributed by atoms with van der Waals surface area (Å²) < 4.78 is 5.16. The average Bonchev–Trinajstić information content (AvgIpc) is 3.36. The summed E-state index contributed by atoms with van der Waals surface area (Å²) in [6, 6.07) is 14.8. The number of benzene rings is 2. The maximum absolute atomic E-state index is 13.5. The van der Waals surface area contributed by atoms with Crippen molar-refractivity contribution in [2.45, 2.75) is 44.2 Å². The minimum Gasteiger partial charge on any atom is -0.497 e. The van der Waals surface area contributed by atoms with E-state index in [-0.39, 0.29) is 29.8 Å². The number of methoxy groups -OCH3 is 1. The first-order valence-electron chi connectivity index (χ1n) is 11.6. The van der Waals surface area contributed by atoms with E-state index >= 15 is 0 Å². The summed E-state index contributed by atoms with van der Waals surface area (Å²) >= 11 is 0. The van der Waals surface area contributed by atoms with Crippen LogP contribution in [-0.4, -0.2) is 59.4 Å². The lowest BCUT2D eigenvalue weighted by atomic mass is 9.78. The number of hydrogen-bond acceptors (Lipinski definition) is 4. The number of piperidine rings is 1. The molecule has 33 heavy (non-hydrogen) atoms. The van der Waals surface area contributed by atoms with Crippen molar-refractivity contribution in [3.63, 3.8) is 0 Å². The highest BCUT2D eigenvalue weighted by Gasteiger charge is 2.55. The number of imide groups is 1. The first kappa shape index (κ1) is 21.5. The molecule has 2 aromatic rings.